The van der Waals surface area contributed by atoms with E-state index in [1.807, 2.05) is 19.2 Å². The van der Waals surface area contributed by atoms with E-state index in [4.69, 9.17) is 5.73 Å². The summed E-state index contributed by atoms with van der Waals surface area (Å²) in [5.74, 6) is 1.35. The van der Waals surface area contributed by atoms with Gasteiger partial charge in [-0.05, 0) is 49.8 Å². The van der Waals surface area contributed by atoms with Crippen molar-refractivity contribution in [2.45, 2.75) is 32.2 Å². The van der Waals surface area contributed by atoms with E-state index in [0.717, 1.165) is 11.3 Å². The average Bonchev–Trinajstić information content (AvgIpc) is 2.61. The van der Waals surface area contributed by atoms with Gasteiger partial charge in [0.1, 0.15) is 5.82 Å². The lowest BCUT2D eigenvalue weighted by Gasteiger charge is -2.32. The Hall–Kier alpha value is -1.60. The van der Waals surface area contributed by atoms with Crippen LogP contribution in [0.3, 0.4) is 0 Å². The second kappa shape index (κ2) is 9.03. The van der Waals surface area contributed by atoms with Crippen molar-refractivity contribution in [3.63, 3.8) is 0 Å². The fourth-order valence-electron chi connectivity index (χ4n) is 2.73. The summed E-state index contributed by atoms with van der Waals surface area (Å²) in [6.07, 6.45) is 5.76. The van der Waals surface area contributed by atoms with Crippen molar-refractivity contribution in [1.82, 2.24) is 9.88 Å². The van der Waals surface area contributed by atoms with Crippen LogP contribution in [0.1, 0.15) is 24.8 Å². The standard InChI is InChI=1S/C17H26N4O2S/c1-12-3-4-15(19-11-12)20-16(22)13-5-8-21(9-6-13)17(23)14(18)7-10-24-2/h3-4,11,13-14H,5-10,18H2,1-2H3,(H,19,20,22)/t14-/m0/s1. The zero-order valence-electron chi connectivity index (χ0n) is 14.3. The maximum absolute atomic E-state index is 12.3. The predicted molar refractivity (Wildman–Crippen MR) is 97.9 cm³/mol. The molecule has 7 heteroatoms. The number of carbonyl (C=O) groups is 2. The molecule has 1 atom stereocenters. The van der Waals surface area contributed by atoms with Crippen LogP contribution in [-0.2, 0) is 9.59 Å². The van der Waals surface area contributed by atoms with E-state index in [0.29, 0.717) is 38.2 Å². The average molecular weight is 350 g/mol. The summed E-state index contributed by atoms with van der Waals surface area (Å²) in [6.45, 7) is 3.13. The SMILES string of the molecule is CSCC[C@H](N)C(=O)N1CCC(C(=O)Nc2ccc(C)cn2)CC1. The summed E-state index contributed by atoms with van der Waals surface area (Å²) in [4.78, 5) is 30.6. The number of aromatic nitrogens is 1. The molecule has 2 rings (SSSR count). The topological polar surface area (TPSA) is 88.3 Å². The molecule has 0 bridgehead atoms. The molecule has 6 nitrogen and oxygen atoms in total. The van der Waals surface area contributed by atoms with Crippen LogP contribution in [0.5, 0.6) is 0 Å². The van der Waals surface area contributed by atoms with Crippen LogP contribution in [0.25, 0.3) is 0 Å². The van der Waals surface area contributed by atoms with Gasteiger partial charge in [0.25, 0.3) is 0 Å². The third-order valence-corrected chi connectivity index (χ3v) is 4.93. The molecule has 0 spiro atoms. The smallest absolute Gasteiger partial charge is 0.239 e. The summed E-state index contributed by atoms with van der Waals surface area (Å²) in [5.41, 5.74) is 7.00. The quantitative estimate of drug-likeness (QED) is 0.814. The van der Waals surface area contributed by atoms with Crippen LogP contribution in [-0.4, -0.2) is 52.8 Å². The van der Waals surface area contributed by atoms with E-state index >= 15 is 0 Å². The Morgan fingerprint density at radius 3 is 2.71 bits per heavy atom. The molecule has 0 aromatic carbocycles. The number of pyridine rings is 1. The minimum absolute atomic E-state index is 0.00288. The summed E-state index contributed by atoms with van der Waals surface area (Å²) < 4.78 is 0. The molecule has 1 aromatic rings. The highest BCUT2D eigenvalue weighted by atomic mass is 32.2. The molecule has 0 saturated carbocycles. The fourth-order valence-corrected chi connectivity index (χ4v) is 3.22. The molecule has 1 aromatic heterocycles. The van der Waals surface area contributed by atoms with Crippen molar-refractivity contribution in [3.8, 4) is 0 Å². The molecular formula is C17H26N4O2S. The van der Waals surface area contributed by atoms with E-state index < -0.39 is 6.04 Å². The van der Waals surface area contributed by atoms with Gasteiger partial charge in [-0.3, -0.25) is 9.59 Å². The molecule has 24 heavy (non-hydrogen) atoms. The maximum atomic E-state index is 12.3. The number of hydrogen-bond donors (Lipinski definition) is 2. The highest BCUT2D eigenvalue weighted by Crippen LogP contribution is 2.20. The number of amides is 2. The third-order valence-electron chi connectivity index (χ3n) is 4.29. The van der Waals surface area contributed by atoms with Crippen molar-refractivity contribution in [1.29, 1.82) is 0 Å². The second-order valence-electron chi connectivity index (χ2n) is 6.20. The molecule has 2 amide bonds. The molecule has 1 aliphatic heterocycles. The Balaban J connectivity index is 1.80. The van der Waals surface area contributed by atoms with Gasteiger partial charge in [-0.1, -0.05) is 6.07 Å². The molecule has 0 aliphatic carbocycles. The van der Waals surface area contributed by atoms with E-state index in [-0.39, 0.29) is 17.7 Å². The van der Waals surface area contributed by atoms with Crippen LogP contribution < -0.4 is 11.1 Å². The molecule has 132 valence electrons. The Bertz CT molecular complexity index is 556. The first-order chi connectivity index (χ1) is 11.5. The molecule has 0 unspecified atom stereocenters. The normalized spacial score (nSPS) is 16.7. The number of carbonyl (C=O) groups excluding carboxylic acids is 2. The number of likely N-dealkylation sites (tertiary alicyclic amines) is 1. The first kappa shape index (κ1) is 18.7. The number of hydrogen-bond acceptors (Lipinski definition) is 5. The molecule has 1 fully saturated rings. The molecule has 1 aliphatic rings. The van der Waals surface area contributed by atoms with Gasteiger partial charge in [0.15, 0.2) is 0 Å². The van der Waals surface area contributed by atoms with Crippen molar-refractivity contribution >= 4 is 29.4 Å². The van der Waals surface area contributed by atoms with Gasteiger partial charge >= 0.3 is 0 Å². The zero-order valence-corrected chi connectivity index (χ0v) is 15.1. The van der Waals surface area contributed by atoms with Gasteiger partial charge in [0.05, 0.1) is 6.04 Å². The highest BCUT2D eigenvalue weighted by molar-refractivity contribution is 7.98. The largest absolute Gasteiger partial charge is 0.341 e. The Kier molecular flexibility index (Phi) is 7.05. The van der Waals surface area contributed by atoms with Gasteiger partial charge in [-0.25, -0.2) is 4.98 Å². The van der Waals surface area contributed by atoms with Crippen LogP contribution in [0.2, 0.25) is 0 Å². The number of aryl methyl sites for hydroxylation is 1. The van der Waals surface area contributed by atoms with Crippen molar-refractivity contribution in [2.75, 3.05) is 30.4 Å². The lowest BCUT2D eigenvalue weighted by molar-refractivity contribution is -0.135. The van der Waals surface area contributed by atoms with Crippen LogP contribution in [0.15, 0.2) is 18.3 Å². The van der Waals surface area contributed by atoms with Crippen LogP contribution in [0.4, 0.5) is 5.82 Å². The number of rotatable bonds is 6. The van der Waals surface area contributed by atoms with E-state index in [9.17, 15) is 9.59 Å². The third kappa shape index (κ3) is 5.21. The first-order valence-electron chi connectivity index (χ1n) is 8.28. The minimum atomic E-state index is -0.431. The molecular weight excluding hydrogens is 324 g/mol. The van der Waals surface area contributed by atoms with Crippen molar-refractivity contribution in [2.24, 2.45) is 11.7 Å². The number of thioether (sulfide) groups is 1. The number of nitrogens with zero attached hydrogens (tertiary/aromatic N) is 2. The molecule has 2 heterocycles. The number of anilines is 1. The lowest BCUT2D eigenvalue weighted by atomic mass is 9.95. The molecule has 0 radical (unpaired) electrons. The Morgan fingerprint density at radius 1 is 1.42 bits per heavy atom. The molecule has 3 N–H and O–H groups in total. The van der Waals surface area contributed by atoms with Gasteiger partial charge in [0, 0.05) is 25.2 Å². The van der Waals surface area contributed by atoms with E-state index in [1.165, 1.54) is 0 Å². The zero-order chi connectivity index (χ0) is 17.5. The summed E-state index contributed by atoms with van der Waals surface area (Å²) in [6, 6.07) is 3.29. The summed E-state index contributed by atoms with van der Waals surface area (Å²) >= 11 is 1.69. The number of nitrogens with two attached hydrogens (primary N) is 1. The van der Waals surface area contributed by atoms with Crippen molar-refractivity contribution < 1.29 is 9.59 Å². The predicted octanol–water partition coefficient (Wildman–Crippen LogP) is 1.65. The van der Waals surface area contributed by atoms with Gasteiger partial charge < -0.3 is 16.0 Å². The number of piperidine rings is 1. The van der Waals surface area contributed by atoms with Crippen LogP contribution in [0, 0.1) is 12.8 Å². The minimum Gasteiger partial charge on any atom is -0.341 e. The summed E-state index contributed by atoms with van der Waals surface area (Å²) in [7, 11) is 0. The Labute approximate surface area is 147 Å². The van der Waals surface area contributed by atoms with Crippen molar-refractivity contribution in [3.05, 3.63) is 23.9 Å². The van der Waals surface area contributed by atoms with Gasteiger partial charge in [-0.15, -0.1) is 0 Å². The van der Waals surface area contributed by atoms with E-state index in [2.05, 4.69) is 10.3 Å². The maximum Gasteiger partial charge on any atom is 0.239 e. The Morgan fingerprint density at radius 2 is 2.12 bits per heavy atom. The second-order valence-corrected chi connectivity index (χ2v) is 7.18. The van der Waals surface area contributed by atoms with Gasteiger partial charge in [-0.2, -0.15) is 11.8 Å². The monoisotopic (exact) mass is 350 g/mol. The van der Waals surface area contributed by atoms with Crippen LogP contribution >= 0.6 is 11.8 Å². The fraction of sp³-hybridized carbons (Fsp3) is 0.588. The lowest BCUT2D eigenvalue weighted by Crippen LogP contribution is -2.48. The number of nitrogens with one attached hydrogen (secondary N) is 1. The highest BCUT2D eigenvalue weighted by Gasteiger charge is 2.29. The first-order valence-corrected chi connectivity index (χ1v) is 9.67. The van der Waals surface area contributed by atoms with Gasteiger partial charge in [0.2, 0.25) is 11.8 Å². The van der Waals surface area contributed by atoms with E-state index in [1.54, 1.807) is 28.9 Å². The summed E-state index contributed by atoms with van der Waals surface area (Å²) in [5, 5.41) is 2.85. The molecule has 1 saturated heterocycles.